The molecule has 2 amide bonds. The van der Waals surface area contributed by atoms with Gasteiger partial charge in [0.2, 0.25) is 0 Å². The van der Waals surface area contributed by atoms with E-state index in [1.54, 1.807) is 18.3 Å². The van der Waals surface area contributed by atoms with Gasteiger partial charge in [0, 0.05) is 12.7 Å². The SMILES string of the molecule is O=C(O)CCNC(=O)NCc1ccccn1. The molecule has 0 aromatic carbocycles. The first-order chi connectivity index (χ1) is 7.68. The number of hydrogen-bond acceptors (Lipinski definition) is 3. The van der Waals surface area contributed by atoms with Crippen LogP contribution >= 0.6 is 0 Å². The number of aromatic nitrogens is 1. The molecule has 1 aromatic rings. The topological polar surface area (TPSA) is 91.3 Å². The van der Waals surface area contributed by atoms with Crippen molar-refractivity contribution >= 4 is 12.0 Å². The number of rotatable bonds is 5. The number of carboxylic acids is 1. The number of pyridine rings is 1. The monoisotopic (exact) mass is 223 g/mol. The molecular weight excluding hydrogens is 210 g/mol. The van der Waals surface area contributed by atoms with Gasteiger partial charge in [-0.1, -0.05) is 6.07 Å². The fourth-order valence-corrected chi connectivity index (χ4v) is 1.02. The Morgan fingerprint density at radius 3 is 2.75 bits per heavy atom. The molecule has 3 N–H and O–H groups in total. The molecule has 0 radical (unpaired) electrons. The second-order valence-corrected chi connectivity index (χ2v) is 3.07. The number of nitrogens with zero attached hydrogens (tertiary/aromatic N) is 1. The summed E-state index contributed by atoms with van der Waals surface area (Å²) in [5, 5.41) is 13.3. The van der Waals surface area contributed by atoms with E-state index in [-0.39, 0.29) is 13.0 Å². The molecular formula is C10H13N3O3. The van der Waals surface area contributed by atoms with E-state index in [4.69, 9.17) is 5.11 Å². The van der Waals surface area contributed by atoms with Crippen LogP contribution in [0.25, 0.3) is 0 Å². The van der Waals surface area contributed by atoms with E-state index in [9.17, 15) is 9.59 Å². The summed E-state index contributed by atoms with van der Waals surface area (Å²) in [5.41, 5.74) is 0.746. The highest BCUT2D eigenvalue weighted by molar-refractivity contribution is 5.74. The maximum atomic E-state index is 11.2. The molecule has 0 aliphatic rings. The Kier molecular flexibility index (Phi) is 4.78. The molecule has 1 rings (SSSR count). The van der Waals surface area contributed by atoms with E-state index in [2.05, 4.69) is 15.6 Å². The quantitative estimate of drug-likeness (QED) is 0.672. The van der Waals surface area contributed by atoms with Crippen molar-refractivity contribution in [3.63, 3.8) is 0 Å². The Hall–Kier alpha value is -2.11. The summed E-state index contributed by atoms with van der Waals surface area (Å²) in [7, 11) is 0. The lowest BCUT2D eigenvalue weighted by molar-refractivity contribution is -0.136. The van der Waals surface area contributed by atoms with Crippen molar-refractivity contribution in [2.45, 2.75) is 13.0 Å². The zero-order valence-electron chi connectivity index (χ0n) is 8.64. The van der Waals surface area contributed by atoms with E-state index < -0.39 is 12.0 Å². The van der Waals surface area contributed by atoms with Crippen LogP contribution in [0.3, 0.4) is 0 Å². The van der Waals surface area contributed by atoms with Crippen LogP contribution in [0.1, 0.15) is 12.1 Å². The molecule has 0 saturated carbocycles. The van der Waals surface area contributed by atoms with Crippen molar-refractivity contribution in [3.05, 3.63) is 30.1 Å². The van der Waals surface area contributed by atoms with Gasteiger partial charge in [-0.15, -0.1) is 0 Å². The third-order valence-electron chi connectivity index (χ3n) is 1.78. The van der Waals surface area contributed by atoms with Crippen LogP contribution in [-0.4, -0.2) is 28.6 Å². The van der Waals surface area contributed by atoms with Crippen LogP contribution in [0, 0.1) is 0 Å². The molecule has 0 unspecified atom stereocenters. The molecule has 0 bridgehead atoms. The van der Waals surface area contributed by atoms with Crippen molar-refractivity contribution in [1.82, 2.24) is 15.6 Å². The van der Waals surface area contributed by atoms with Gasteiger partial charge in [0.05, 0.1) is 18.7 Å². The van der Waals surface area contributed by atoms with Gasteiger partial charge in [-0.05, 0) is 12.1 Å². The lowest BCUT2D eigenvalue weighted by atomic mass is 10.3. The van der Waals surface area contributed by atoms with Gasteiger partial charge in [0.1, 0.15) is 0 Å². The second kappa shape index (κ2) is 6.39. The number of aliphatic carboxylic acids is 1. The molecule has 0 saturated heterocycles. The summed E-state index contributed by atoms with van der Waals surface area (Å²) in [6.45, 7) is 0.434. The van der Waals surface area contributed by atoms with Crippen LogP contribution in [0.4, 0.5) is 4.79 Å². The van der Waals surface area contributed by atoms with E-state index >= 15 is 0 Å². The number of carbonyl (C=O) groups excluding carboxylic acids is 1. The summed E-state index contributed by atoms with van der Waals surface area (Å²) in [6.07, 6.45) is 1.55. The van der Waals surface area contributed by atoms with Crippen molar-refractivity contribution in [2.24, 2.45) is 0 Å². The molecule has 1 heterocycles. The Morgan fingerprint density at radius 1 is 1.31 bits per heavy atom. The van der Waals surface area contributed by atoms with Crippen LogP contribution in [0.2, 0.25) is 0 Å². The minimum absolute atomic E-state index is 0.0863. The Balaban J connectivity index is 2.18. The highest BCUT2D eigenvalue weighted by atomic mass is 16.4. The number of amides is 2. The number of carboxylic acid groups (broad SMARTS) is 1. The van der Waals surface area contributed by atoms with Gasteiger partial charge in [0.15, 0.2) is 0 Å². The van der Waals surface area contributed by atoms with Crippen molar-refractivity contribution < 1.29 is 14.7 Å². The largest absolute Gasteiger partial charge is 0.481 e. The van der Waals surface area contributed by atoms with Crippen LogP contribution in [-0.2, 0) is 11.3 Å². The van der Waals surface area contributed by atoms with Crippen LogP contribution in [0.5, 0.6) is 0 Å². The first-order valence-electron chi connectivity index (χ1n) is 4.82. The zero-order chi connectivity index (χ0) is 11.8. The highest BCUT2D eigenvalue weighted by Crippen LogP contribution is 1.91. The van der Waals surface area contributed by atoms with E-state index in [1.807, 2.05) is 6.07 Å². The van der Waals surface area contributed by atoms with E-state index in [0.717, 1.165) is 5.69 Å². The zero-order valence-corrected chi connectivity index (χ0v) is 8.64. The molecule has 0 atom stereocenters. The fraction of sp³-hybridized carbons (Fsp3) is 0.300. The lowest BCUT2D eigenvalue weighted by Gasteiger charge is -2.05. The van der Waals surface area contributed by atoms with E-state index in [0.29, 0.717) is 6.54 Å². The van der Waals surface area contributed by atoms with Gasteiger partial charge in [-0.25, -0.2) is 4.79 Å². The third kappa shape index (κ3) is 4.94. The molecule has 0 aliphatic carbocycles. The maximum absolute atomic E-state index is 11.2. The van der Waals surface area contributed by atoms with Crippen LogP contribution < -0.4 is 10.6 Å². The van der Waals surface area contributed by atoms with Gasteiger partial charge in [-0.2, -0.15) is 0 Å². The fourth-order valence-electron chi connectivity index (χ4n) is 1.02. The van der Waals surface area contributed by atoms with E-state index in [1.165, 1.54) is 0 Å². The number of hydrogen-bond donors (Lipinski definition) is 3. The number of carbonyl (C=O) groups is 2. The van der Waals surface area contributed by atoms with Crippen molar-refractivity contribution in [2.75, 3.05) is 6.54 Å². The minimum Gasteiger partial charge on any atom is -0.481 e. The molecule has 1 aromatic heterocycles. The highest BCUT2D eigenvalue weighted by Gasteiger charge is 2.01. The summed E-state index contributed by atoms with van der Waals surface area (Å²) in [6, 6.07) is 5.01. The molecule has 0 spiro atoms. The molecule has 0 fully saturated rings. The lowest BCUT2D eigenvalue weighted by Crippen LogP contribution is -2.36. The standard InChI is InChI=1S/C10H13N3O3/c14-9(15)4-6-12-10(16)13-7-8-3-1-2-5-11-8/h1-3,5H,4,6-7H2,(H,14,15)(H2,12,13,16). The van der Waals surface area contributed by atoms with Crippen molar-refractivity contribution in [1.29, 1.82) is 0 Å². The molecule has 86 valence electrons. The minimum atomic E-state index is -0.940. The molecule has 6 nitrogen and oxygen atoms in total. The predicted octanol–water partition coefficient (Wildman–Crippen LogP) is 0.355. The summed E-state index contributed by atoms with van der Waals surface area (Å²) in [5.74, 6) is -0.940. The average molecular weight is 223 g/mol. The maximum Gasteiger partial charge on any atom is 0.315 e. The summed E-state index contributed by atoms with van der Waals surface area (Å²) >= 11 is 0. The normalized spacial score (nSPS) is 9.50. The smallest absolute Gasteiger partial charge is 0.315 e. The average Bonchev–Trinajstić information content (AvgIpc) is 2.27. The summed E-state index contributed by atoms with van der Waals surface area (Å²) < 4.78 is 0. The Labute approximate surface area is 92.7 Å². The third-order valence-corrected chi connectivity index (χ3v) is 1.78. The number of nitrogens with one attached hydrogen (secondary N) is 2. The first-order valence-corrected chi connectivity index (χ1v) is 4.82. The van der Waals surface area contributed by atoms with Gasteiger partial charge in [0.25, 0.3) is 0 Å². The summed E-state index contributed by atoms with van der Waals surface area (Å²) in [4.78, 5) is 25.4. The predicted molar refractivity (Wildman–Crippen MR) is 56.7 cm³/mol. The molecule has 6 heteroatoms. The van der Waals surface area contributed by atoms with Crippen LogP contribution in [0.15, 0.2) is 24.4 Å². The van der Waals surface area contributed by atoms with Gasteiger partial charge in [-0.3, -0.25) is 9.78 Å². The van der Waals surface area contributed by atoms with Gasteiger partial charge >= 0.3 is 12.0 Å². The second-order valence-electron chi connectivity index (χ2n) is 3.07. The van der Waals surface area contributed by atoms with Gasteiger partial charge < -0.3 is 15.7 Å². The Morgan fingerprint density at radius 2 is 2.12 bits per heavy atom. The molecule has 0 aliphatic heterocycles. The number of urea groups is 1. The van der Waals surface area contributed by atoms with Crippen molar-refractivity contribution in [3.8, 4) is 0 Å². The Bertz CT molecular complexity index is 354. The molecule has 16 heavy (non-hydrogen) atoms. The first kappa shape index (κ1) is 12.0.